The van der Waals surface area contributed by atoms with Gasteiger partial charge >= 0.3 is 0 Å². The van der Waals surface area contributed by atoms with Crippen molar-refractivity contribution in [2.75, 3.05) is 12.3 Å². The predicted molar refractivity (Wildman–Crippen MR) is 82.9 cm³/mol. The quantitative estimate of drug-likeness (QED) is 0.939. The monoisotopic (exact) mass is 289 g/mol. The van der Waals surface area contributed by atoms with Crippen LogP contribution >= 0.6 is 23.1 Å². The third-order valence-electron chi connectivity index (χ3n) is 2.91. The molecule has 0 radical (unpaired) electrons. The van der Waals surface area contributed by atoms with Crippen LogP contribution in [0.5, 0.6) is 0 Å². The summed E-state index contributed by atoms with van der Waals surface area (Å²) >= 11 is 3.58. The minimum atomic E-state index is 0.263. The van der Waals surface area contributed by atoms with Crippen LogP contribution in [0.3, 0.4) is 0 Å². The predicted octanol–water partition coefficient (Wildman–Crippen LogP) is 3.12. The van der Waals surface area contributed by atoms with E-state index >= 15 is 0 Å². The van der Waals surface area contributed by atoms with Crippen molar-refractivity contribution in [2.24, 2.45) is 4.99 Å². The summed E-state index contributed by atoms with van der Waals surface area (Å²) in [4.78, 5) is 10.2. The Morgan fingerprint density at radius 1 is 1.26 bits per heavy atom. The van der Waals surface area contributed by atoms with E-state index in [0.29, 0.717) is 0 Å². The lowest BCUT2D eigenvalue weighted by Gasteiger charge is -2.17. The van der Waals surface area contributed by atoms with Gasteiger partial charge in [-0.2, -0.15) is 0 Å². The normalized spacial score (nSPS) is 16.1. The van der Waals surface area contributed by atoms with Crippen LogP contribution in [0.15, 0.2) is 46.9 Å². The number of thioether (sulfide) groups is 1. The first kappa shape index (κ1) is 12.7. The minimum Gasteiger partial charge on any atom is -0.357 e. The van der Waals surface area contributed by atoms with Crippen molar-refractivity contribution in [1.82, 2.24) is 10.3 Å². The Kier molecular flexibility index (Phi) is 4.15. The molecule has 2 aromatic heterocycles. The molecule has 0 amide bonds. The number of hydrogen-bond acceptors (Lipinski definition) is 5. The smallest absolute Gasteiger partial charge is 0.157 e. The third-order valence-corrected chi connectivity index (χ3v) is 4.80. The van der Waals surface area contributed by atoms with Crippen LogP contribution in [0.2, 0.25) is 0 Å². The second kappa shape index (κ2) is 6.21. The molecule has 0 bridgehead atoms. The summed E-state index contributed by atoms with van der Waals surface area (Å²) in [6.07, 6.45) is 2.74. The lowest BCUT2D eigenvalue weighted by molar-refractivity contribution is 0.649. The highest BCUT2D eigenvalue weighted by molar-refractivity contribution is 8.14. The lowest BCUT2D eigenvalue weighted by Crippen LogP contribution is -2.26. The zero-order valence-electron chi connectivity index (χ0n) is 10.5. The first-order valence-electron chi connectivity index (χ1n) is 6.29. The molecule has 1 N–H and O–H groups in total. The lowest BCUT2D eigenvalue weighted by atomic mass is 10.1. The van der Waals surface area contributed by atoms with E-state index in [1.807, 2.05) is 18.3 Å². The summed E-state index contributed by atoms with van der Waals surface area (Å²) in [7, 11) is 0. The third kappa shape index (κ3) is 3.36. The number of rotatable bonds is 4. The Labute approximate surface area is 121 Å². The van der Waals surface area contributed by atoms with Gasteiger partial charge in [0, 0.05) is 28.9 Å². The van der Waals surface area contributed by atoms with Crippen molar-refractivity contribution in [2.45, 2.75) is 12.5 Å². The number of nitrogens with zero attached hydrogens (tertiary/aromatic N) is 2. The van der Waals surface area contributed by atoms with Crippen LogP contribution in [0.1, 0.15) is 16.6 Å². The maximum absolute atomic E-state index is 4.48. The molecule has 0 saturated heterocycles. The average Bonchev–Trinajstić information content (AvgIpc) is 3.12. The van der Waals surface area contributed by atoms with Gasteiger partial charge in [0.1, 0.15) is 0 Å². The van der Waals surface area contributed by atoms with Gasteiger partial charge in [-0.15, -0.1) is 11.3 Å². The zero-order valence-corrected chi connectivity index (χ0v) is 12.1. The first-order valence-corrected chi connectivity index (χ1v) is 8.15. The molecule has 1 atom stereocenters. The Hall–Kier alpha value is -1.33. The van der Waals surface area contributed by atoms with Gasteiger partial charge in [-0.05, 0) is 23.6 Å². The van der Waals surface area contributed by atoms with Gasteiger partial charge < -0.3 is 5.32 Å². The summed E-state index contributed by atoms with van der Waals surface area (Å²) in [5, 5.41) is 6.73. The van der Waals surface area contributed by atoms with Crippen molar-refractivity contribution >= 4 is 28.3 Å². The van der Waals surface area contributed by atoms with Crippen LogP contribution in [0, 0.1) is 0 Å². The van der Waals surface area contributed by atoms with Crippen molar-refractivity contribution in [3.8, 4) is 0 Å². The number of nitrogens with one attached hydrogen (secondary N) is 1. The zero-order chi connectivity index (χ0) is 12.9. The van der Waals surface area contributed by atoms with Gasteiger partial charge in [0.25, 0.3) is 0 Å². The number of amidine groups is 1. The number of aromatic nitrogens is 1. The second-order valence-electron chi connectivity index (χ2n) is 4.27. The second-order valence-corrected chi connectivity index (χ2v) is 6.34. The van der Waals surface area contributed by atoms with Crippen LogP contribution < -0.4 is 5.32 Å². The summed E-state index contributed by atoms with van der Waals surface area (Å²) in [5.74, 6) is 1.09. The van der Waals surface area contributed by atoms with E-state index < -0.39 is 0 Å². The molecule has 0 aliphatic carbocycles. The van der Waals surface area contributed by atoms with Gasteiger partial charge in [-0.1, -0.05) is 23.9 Å². The largest absolute Gasteiger partial charge is 0.357 e. The van der Waals surface area contributed by atoms with E-state index in [4.69, 9.17) is 0 Å². The fourth-order valence-corrected chi connectivity index (χ4v) is 3.57. The average molecular weight is 289 g/mol. The molecule has 98 valence electrons. The molecule has 3 heterocycles. The highest BCUT2D eigenvalue weighted by Crippen LogP contribution is 2.24. The standard InChI is InChI=1S/C14H15N3S2/c1-2-6-15-11(4-1)10-12(13-5-3-8-18-13)17-14-16-7-9-19-14/h1-6,8,12H,7,9-10H2,(H,16,17). The molecule has 3 nitrogen and oxygen atoms in total. The molecule has 1 unspecified atom stereocenters. The van der Waals surface area contributed by atoms with Crippen molar-refractivity contribution in [3.05, 3.63) is 52.5 Å². The molecule has 1 aliphatic heterocycles. The molecule has 19 heavy (non-hydrogen) atoms. The molecule has 0 spiro atoms. The minimum absolute atomic E-state index is 0.263. The SMILES string of the molecule is c1ccc(CC(NC2=NCCS2)c2cccs2)nc1. The van der Waals surface area contributed by atoms with Gasteiger partial charge in [-0.25, -0.2) is 0 Å². The highest BCUT2D eigenvalue weighted by Gasteiger charge is 2.17. The first-order chi connectivity index (χ1) is 9.42. The van der Waals surface area contributed by atoms with Crippen LogP contribution in [-0.4, -0.2) is 22.4 Å². The van der Waals surface area contributed by atoms with Crippen molar-refractivity contribution in [1.29, 1.82) is 0 Å². The fourth-order valence-electron chi connectivity index (χ4n) is 2.01. The number of thiophene rings is 1. The number of aliphatic imine (C=N–C) groups is 1. The highest BCUT2D eigenvalue weighted by atomic mass is 32.2. The van der Waals surface area contributed by atoms with E-state index in [0.717, 1.165) is 29.6 Å². The Morgan fingerprint density at radius 3 is 2.95 bits per heavy atom. The summed E-state index contributed by atoms with van der Waals surface area (Å²) in [6, 6.07) is 10.6. The van der Waals surface area contributed by atoms with Crippen molar-refractivity contribution < 1.29 is 0 Å². The van der Waals surface area contributed by atoms with Crippen molar-refractivity contribution in [3.63, 3.8) is 0 Å². The van der Waals surface area contributed by atoms with Crippen LogP contribution in [-0.2, 0) is 6.42 Å². The number of pyridine rings is 1. The van der Waals surface area contributed by atoms with E-state index in [2.05, 4.69) is 38.9 Å². The van der Waals surface area contributed by atoms with E-state index in [-0.39, 0.29) is 6.04 Å². The maximum Gasteiger partial charge on any atom is 0.157 e. The fraction of sp³-hybridized carbons (Fsp3) is 0.286. The molecular formula is C14H15N3S2. The van der Waals surface area contributed by atoms with Gasteiger partial charge in [0.05, 0.1) is 12.6 Å². The number of hydrogen-bond donors (Lipinski definition) is 1. The molecule has 5 heteroatoms. The molecule has 2 aromatic rings. The molecular weight excluding hydrogens is 274 g/mol. The summed E-state index contributed by atoms with van der Waals surface area (Å²) in [5.41, 5.74) is 1.11. The Morgan fingerprint density at radius 2 is 2.26 bits per heavy atom. The van der Waals surface area contributed by atoms with Gasteiger partial charge in [-0.3, -0.25) is 9.98 Å². The van der Waals surface area contributed by atoms with Gasteiger partial charge in [0.15, 0.2) is 5.17 Å². The molecule has 1 aliphatic rings. The van der Waals surface area contributed by atoms with Crippen LogP contribution in [0.4, 0.5) is 0 Å². The topological polar surface area (TPSA) is 37.3 Å². The molecule has 0 fully saturated rings. The summed E-state index contributed by atoms with van der Waals surface area (Å²) < 4.78 is 0. The molecule has 0 saturated carbocycles. The Balaban J connectivity index is 1.76. The maximum atomic E-state index is 4.48. The Bertz CT molecular complexity index is 537. The molecule has 0 aromatic carbocycles. The van der Waals surface area contributed by atoms with E-state index in [9.17, 15) is 0 Å². The molecule has 3 rings (SSSR count). The summed E-state index contributed by atoms with van der Waals surface area (Å²) in [6.45, 7) is 0.924. The van der Waals surface area contributed by atoms with Crippen LogP contribution in [0.25, 0.3) is 0 Å². The van der Waals surface area contributed by atoms with Gasteiger partial charge in [0.2, 0.25) is 0 Å². The van der Waals surface area contributed by atoms with E-state index in [1.54, 1.807) is 23.1 Å². The van der Waals surface area contributed by atoms with E-state index in [1.165, 1.54) is 4.88 Å².